The van der Waals surface area contributed by atoms with E-state index in [1.54, 1.807) is 29.2 Å². The molecule has 1 aliphatic heterocycles. The van der Waals surface area contributed by atoms with Gasteiger partial charge in [0.1, 0.15) is 30.4 Å². The molecule has 1 fully saturated rings. The molecular formula is C36H35Cl2N5O5. The van der Waals surface area contributed by atoms with Crippen LogP contribution in [0.1, 0.15) is 36.0 Å². The van der Waals surface area contributed by atoms with Crippen LogP contribution in [0.25, 0.3) is 11.1 Å². The van der Waals surface area contributed by atoms with Crippen LogP contribution in [0.4, 0.5) is 0 Å². The predicted molar refractivity (Wildman–Crippen MR) is 185 cm³/mol. The highest BCUT2D eigenvalue weighted by atomic mass is 35.5. The summed E-state index contributed by atoms with van der Waals surface area (Å²) in [6.45, 7) is 1.21. The lowest BCUT2D eigenvalue weighted by molar-refractivity contribution is -0.134. The molecule has 0 unspecified atom stereocenters. The number of halogens is 2. The van der Waals surface area contributed by atoms with E-state index in [0.29, 0.717) is 58.6 Å². The molecule has 0 atom stereocenters. The van der Waals surface area contributed by atoms with Gasteiger partial charge in [0.05, 0.1) is 21.8 Å². The number of carbonyl (C=O) groups excluding carboxylic acids is 1. The van der Waals surface area contributed by atoms with Gasteiger partial charge in [0.2, 0.25) is 5.91 Å². The molecule has 48 heavy (non-hydrogen) atoms. The van der Waals surface area contributed by atoms with Gasteiger partial charge in [0, 0.05) is 61.7 Å². The van der Waals surface area contributed by atoms with Crippen molar-refractivity contribution in [1.29, 1.82) is 10.7 Å². The standard InChI is InChI=1S/C36H35Cl2N5O5/c37-29-17-27(19-39)32(47-20-24-7-9-31(42-46)30(41)16-24)18-33(29)48-21-26-5-2-6-28(35(26)38)25-4-1-3-23(15-25)8-10-34(44)43-13-11-36(45,22-40)12-14-43/h1-7,9,15-18,41,45-46H,8,10-14,19-21,39H2/b41-30?,42-31-. The SMILES string of the molecule is N#CC1(O)CCN(C(=O)CCc2cccc(-c3cccc(COc4cc(OCC5=CC(=N)/C(=N\O)C=C5)c(CN)cc4Cl)c3Cl)c2)CC1. The number of ether oxygens (including phenoxy) is 2. The minimum absolute atomic E-state index is 0.000636. The van der Waals surface area contributed by atoms with E-state index in [1.807, 2.05) is 48.5 Å². The number of allylic oxidation sites excluding steroid dienone is 2. The second kappa shape index (κ2) is 15.5. The van der Waals surface area contributed by atoms with Gasteiger partial charge >= 0.3 is 0 Å². The van der Waals surface area contributed by atoms with Crippen molar-refractivity contribution in [3.8, 4) is 28.7 Å². The molecule has 248 valence electrons. The second-order valence-corrected chi connectivity index (χ2v) is 12.4. The summed E-state index contributed by atoms with van der Waals surface area (Å²) in [4.78, 5) is 14.5. The monoisotopic (exact) mass is 687 g/mol. The molecule has 5 rings (SSSR count). The third-order valence-electron chi connectivity index (χ3n) is 8.38. The van der Waals surface area contributed by atoms with Gasteiger partial charge in [0.15, 0.2) is 5.60 Å². The highest BCUT2D eigenvalue weighted by Gasteiger charge is 2.33. The molecule has 0 bridgehead atoms. The van der Waals surface area contributed by atoms with Crippen molar-refractivity contribution < 1.29 is 24.6 Å². The number of oxime groups is 1. The molecule has 0 radical (unpaired) electrons. The van der Waals surface area contributed by atoms with Crippen molar-refractivity contribution in [2.45, 2.75) is 44.4 Å². The topological polar surface area (TPSA) is 165 Å². The second-order valence-electron chi connectivity index (χ2n) is 11.6. The van der Waals surface area contributed by atoms with E-state index in [4.69, 9.17) is 54.3 Å². The largest absolute Gasteiger partial charge is 0.488 e. The first kappa shape index (κ1) is 34.7. The van der Waals surface area contributed by atoms with Crippen LogP contribution >= 0.6 is 23.2 Å². The molecule has 0 saturated carbocycles. The smallest absolute Gasteiger partial charge is 0.222 e. The Bertz CT molecular complexity index is 1840. The van der Waals surface area contributed by atoms with E-state index < -0.39 is 5.60 Å². The first-order valence-electron chi connectivity index (χ1n) is 15.4. The number of hydrogen-bond donors (Lipinski definition) is 4. The van der Waals surface area contributed by atoms with E-state index >= 15 is 0 Å². The molecule has 0 aromatic heterocycles. The van der Waals surface area contributed by atoms with Crippen molar-refractivity contribution in [3.05, 3.63) is 105 Å². The molecule has 12 heteroatoms. The Labute approximate surface area is 288 Å². The number of rotatable bonds is 11. The molecule has 10 nitrogen and oxygen atoms in total. The van der Waals surface area contributed by atoms with Crippen LogP contribution in [-0.4, -0.2) is 57.8 Å². The van der Waals surface area contributed by atoms with Gasteiger partial charge in [-0.15, -0.1) is 0 Å². The maximum Gasteiger partial charge on any atom is 0.222 e. The third kappa shape index (κ3) is 8.24. The van der Waals surface area contributed by atoms with E-state index in [9.17, 15) is 9.90 Å². The quantitative estimate of drug-likeness (QED) is 0.0802. The van der Waals surface area contributed by atoms with Crippen molar-refractivity contribution in [2.75, 3.05) is 19.7 Å². The molecular weight excluding hydrogens is 653 g/mol. The van der Waals surface area contributed by atoms with Crippen molar-refractivity contribution >= 4 is 40.5 Å². The van der Waals surface area contributed by atoms with Gasteiger partial charge in [-0.25, -0.2) is 0 Å². The van der Waals surface area contributed by atoms with Gasteiger partial charge < -0.3 is 30.4 Å². The first-order chi connectivity index (χ1) is 23.1. The number of likely N-dealkylation sites (tertiary alicyclic amines) is 1. The maximum atomic E-state index is 12.8. The van der Waals surface area contributed by atoms with E-state index in [0.717, 1.165) is 22.3 Å². The Morgan fingerprint density at radius 2 is 1.79 bits per heavy atom. The minimum Gasteiger partial charge on any atom is -0.488 e. The van der Waals surface area contributed by atoms with Crippen molar-refractivity contribution in [3.63, 3.8) is 0 Å². The zero-order valence-corrected chi connectivity index (χ0v) is 27.6. The third-order valence-corrected chi connectivity index (χ3v) is 9.12. The van der Waals surface area contributed by atoms with Gasteiger partial charge in [-0.3, -0.25) is 10.2 Å². The van der Waals surface area contributed by atoms with Crippen molar-refractivity contribution in [1.82, 2.24) is 4.90 Å². The number of nitrogens with one attached hydrogen (secondary N) is 1. The lowest BCUT2D eigenvalue weighted by atomic mass is 9.93. The highest BCUT2D eigenvalue weighted by Crippen LogP contribution is 2.36. The zero-order valence-electron chi connectivity index (χ0n) is 26.1. The summed E-state index contributed by atoms with van der Waals surface area (Å²) in [6, 6.07) is 18.9. The van der Waals surface area contributed by atoms with Gasteiger partial charge in [-0.05, 0) is 41.3 Å². The van der Waals surface area contributed by atoms with Crippen LogP contribution in [0.5, 0.6) is 11.5 Å². The van der Waals surface area contributed by atoms with Gasteiger partial charge in [-0.1, -0.05) is 76.9 Å². The Morgan fingerprint density at radius 1 is 1.04 bits per heavy atom. The lowest BCUT2D eigenvalue weighted by Gasteiger charge is -2.34. The van der Waals surface area contributed by atoms with Crippen LogP contribution in [0, 0.1) is 16.7 Å². The number of aryl methyl sites for hydroxylation is 1. The minimum atomic E-state index is -1.34. The summed E-state index contributed by atoms with van der Waals surface area (Å²) in [7, 11) is 0. The fourth-order valence-electron chi connectivity index (χ4n) is 5.51. The molecule has 3 aromatic carbocycles. The molecule has 1 amide bonds. The Hall–Kier alpha value is -4.66. The Kier molecular flexibility index (Phi) is 11.2. The number of nitriles is 1. The summed E-state index contributed by atoms with van der Waals surface area (Å²) in [5.41, 5.74) is 9.70. The van der Waals surface area contributed by atoms with Crippen LogP contribution in [0.3, 0.4) is 0 Å². The Morgan fingerprint density at radius 3 is 2.50 bits per heavy atom. The maximum absolute atomic E-state index is 12.8. The number of carbonyl (C=O) groups is 1. The fraction of sp³-hybridized carbons (Fsp3) is 0.278. The average molecular weight is 689 g/mol. The molecule has 2 aliphatic rings. The zero-order chi connectivity index (χ0) is 34.3. The van der Waals surface area contributed by atoms with Gasteiger partial charge in [0.25, 0.3) is 0 Å². The van der Waals surface area contributed by atoms with E-state index in [2.05, 4.69) is 5.16 Å². The molecule has 1 saturated heterocycles. The fourth-order valence-corrected chi connectivity index (χ4v) is 6.04. The number of aliphatic hydroxyl groups is 1. The number of nitrogens with zero attached hydrogens (tertiary/aromatic N) is 3. The number of piperidine rings is 1. The van der Waals surface area contributed by atoms with Crippen molar-refractivity contribution in [2.24, 2.45) is 10.9 Å². The summed E-state index contributed by atoms with van der Waals surface area (Å²) in [5, 5.41) is 40.2. The first-order valence-corrected chi connectivity index (χ1v) is 16.1. The Balaban J connectivity index is 1.24. The summed E-state index contributed by atoms with van der Waals surface area (Å²) in [5.74, 6) is 0.872. The molecule has 5 N–H and O–H groups in total. The van der Waals surface area contributed by atoms with E-state index in [-0.39, 0.29) is 49.9 Å². The number of amides is 1. The molecule has 1 heterocycles. The number of nitrogens with two attached hydrogens (primary N) is 1. The van der Waals surface area contributed by atoms with Crippen LogP contribution in [-0.2, 0) is 24.4 Å². The van der Waals surface area contributed by atoms with Crippen LogP contribution in [0.15, 0.2) is 83.6 Å². The highest BCUT2D eigenvalue weighted by molar-refractivity contribution is 6.50. The predicted octanol–water partition coefficient (Wildman–Crippen LogP) is 6.23. The molecule has 1 aliphatic carbocycles. The summed E-state index contributed by atoms with van der Waals surface area (Å²) in [6.07, 6.45) is 6.19. The normalized spacial score (nSPS) is 16.4. The van der Waals surface area contributed by atoms with Crippen LogP contribution in [0.2, 0.25) is 10.0 Å². The number of hydrogen-bond acceptors (Lipinski definition) is 9. The molecule has 3 aromatic rings. The van der Waals surface area contributed by atoms with Crippen LogP contribution < -0.4 is 15.2 Å². The van der Waals surface area contributed by atoms with Gasteiger partial charge in [-0.2, -0.15) is 5.26 Å². The molecule has 0 spiro atoms. The summed E-state index contributed by atoms with van der Waals surface area (Å²) < 4.78 is 12.1. The lowest BCUT2D eigenvalue weighted by Crippen LogP contribution is -2.46. The van der Waals surface area contributed by atoms with E-state index in [1.165, 1.54) is 6.08 Å². The summed E-state index contributed by atoms with van der Waals surface area (Å²) >= 11 is 13.4. The average Bonchev–Trinajstić information content (AvgIpc) is 3.10. The number of benzene rings is 3.